The lowest BCUT2D eigenvalue weighted by atomic mass is 10.0. The predicted octanol–water partition coefficient (Wildman–Crippen LogP) is -0.390. The first-order chi connectivity index (χ1) is 15.7. The highest BCUT2D eigenvalue weighted by molar-refractivity contribution is 5.96. The molecule has 1 aromatic carbocycles. The first kappa shape index (κ1) is 27.3. The van der Waals surface area contributed by atoms with Gasteiger partial charge in [0, 0.05) is 30.8 Å². The summed E-state index contributed by atoms with van der Waals surface area (Å²) in [4.78, 5) is 59.2. The maximum atomic E-state index is 12.5. The second kappa shape index (κ2) is 14.4. The molecular formula is C22H30N4O7. The molecule has 0 bridgehead atoms. The number of carbonyl (C=O) groups excluding carboxylic acids is 5. The van der Waals surface area contributed by atoms with E-state index in [0.29, 0.717) is 11.3 Å². The van der Waals surface area contributed by atoms with E-state index in [1.807, 2.05) is 0 Å². The van der Waals surface area contributed by atoms with E-state index in [-0.39, 0.29) is 32.0 Å². The smallest absolute Gasteiger partial charge is 0.330 e. The fraction of sp³-hybridized carbons (Fsp3) is 0.409. The van der Waals surface area contributed by atoms with Gasteiger partial charge in [0.05, 0.1) is 20.3 Å². The summed E-state index contributed by atoms with van der Waals surface area (Å²) >= 11 is 0. The summed E-state index contributed by atoms with van der Waals surface area (Å²) in [5, 5.41) is 19.2. The molecule has 1 unspecified atom stereocenters. The number of nitrogens with one attached hydrogen (secondary N) is 4. The maximum absolute atomic E-state index is 12.5. The fourth-order valence-corrected chi connectivity index (χ4v) is 2.53. The Balaban J connectivity index is 2.45. The van der Waals surface area contributed by atoms with Crippen molar-refractivity contribution in [1.82, 2.24) is 16.0 Å². The Hall–Kier alpha value is -3.73. The minimum atomic E-state index is -0.871. The summed E-state index contributed by atoms with van der Waals surface area (Å²) < 4.78 is 4.36. The highest BCUT2D eigenvalue weighted by Gasteiger charge is 2.24. The highest BCUT2D eigenvalue weighted by Crippen LogP contribution is 2.09. The van der Waals surface area contributed by atoms with Crippen LogP contribution < -0.4 is 21.3 Å². The van der Waals surface area contributed by atoms with E-state index < -0.39 is 35.6 Å². The van der Waals surface area contributed by atoms with E-state index in [0.717, 1.165) is 12.2 Å². The van der Waals surface area contributed by atoms with Gasteiger partial charge in [-0.05, 0) is 23.6 Å². The zero-order valence-corrected chi connectivity index (χ0v) is 18.8. The number of carbonyl (C=O) groups is 5. The van der Waals surface area contributed by atoms with E-state index in [1.54, 1.807) is 38.1 Å². The standard InChI is InChI=1S/C22H30N4O7/c1-14(2)21(26-18(29)10-11-23-17(28)8-9-20(31)33-3)22(32)24-12-19(30)25-16-6-4-15(13-27)5-7-16/h4-9,14,21,27H,10-13H2,1-3H3,(H,23,28)(H,24,32)(H,25,30)(H,26,29)/b9-8-. The molecule has 5 N–H and O–H groups in total. The van der Waals surface area contributed by atoms with Crippen LogP contribution in [0.4, 0.5) is 5.69 Å². The van der Waals surface area contributed by atoms with Crippen LogP contribution in [-0.4, -0.2) is 60.9 Å². The summed E-state index contributed by atoms with van der Waals surface area (Å²) in [6, 6.07) is 5.72. The average Bonchev–Trinajstić information content (AvgIpc) is 2.79. The van der Waals surface area contributed by atoms with Crippen LogP contribution in [0.1, 0.15) is 25.8 Å². The summed E-state index contributed by atoms with van der Waals surface area (Å²) in [5.74, 6) is -2.92. The van der Waals surface area contributed by atoms with Crippen LogP contribution in [0.5, 0.6) is 0 Å². The quantitative estimate of drug-likeness (QED) is 0.209. The van der Waals surface area contributed by atoms with Crippen molar-refractivity contribution in [3.63, 3.8) is 0 Å². The second-order valence-electron chi connectivity index (χ2n) is 7.31. The molecule has 1 atom stereocenters. The summed E-state index contributed by atoms with van der Waals surface area (Å²) in [5.41, 5.74) is 1.22. The van der Waals surface area contributed by atoms with E-state index in [9.17, 15) is 24.0 Å². The Bertz CT molecular complexity index is 866. The zero-order valence-electron chi connectivity index (χ0n) is 18.8. The average molecular weight is 463 g/mol. The number of hydrogen-bond donors (Lipinski definition) is 5. The molecule has 4 amide bonds. The lowest BCUT2D eigenvalue weighted by molar-refractivity contribution is -0.135. The monoisotopic (exact) mass is 462 g/mol. The second-order valence-corrected chi connectivity index (χ2v) is 7.31. The third-order valence-electron chi connectivity index (χ3n) is 4.33. The summed E-state index contributed by atoms with van der Waals surface area (Å²) in [6.45, 7) is 3.09. The number of aliphatic hydroxyl groups excluding tert-OH is 1. The van der Waals surface area contributed by atoms with Gasteiger partial charge in [0.1, 0.15) is 6.04 Å². The molecule has 11 heteroatoms. The van der Waals surface area contributed by atoms with Gasteiger partial charge >= 0.3 is 5.97 Å². The Morgan fingerprint density at radius 1 is 1.00 bits per heavy atom. The molecule has 0 saturated carbocycles. The van der Waals surface area contributed by atoms with Gasteiger partial charge < -0.3 is 31.1 Å². The molecule has 180 valence electrons. The van der Waals surface area contributed by atoms with E-state index in [1.165, 1.54) is 7.11 Å². The van der Waals surface area contributed by atoms with Gasteiger partial charge in [-0.15, -0.1) is 0 Å². The van der Waals surface area contributed by atoms with Crippen molar-refractivity contribution < 1.29 is 33.8 Å². The van der Waals surface area contributed by atoms with Crippen molar-refractivity contribution in [3.05, 3.63) is 42.0 Å². The van der Waals surface area contributed by atoms with Crippen molar-refractivity contribution in [2.75, 3.05) is 25.5 Å². The van der Waals surface area contributed by atoms with Crippen molar-refractivity contribution >= 4 is 35.3 Å². The number of rotatable bonds is 12. The SMILES string of the molecule is COC(=O)/C=C\C(=O)NCCC(=O)NC(C(=O)NCC(=O)Nc1ccc(CO)cc1)C(C)C. The lowest BCUT2D eigenvalue weighted by Crippen LogP contribution is -2.51. The zero-order chi connectivity index (χ0) is 24.8. The number of anilines is 1. The van der Waals surface area contributed by atoms with Crippen LogP contribution in [0, 0.1) is 5.92 Å². The number of ether oxygens (including phenoxy) is 1. The van der Waals surface area contributed by atoms with Crippen LogP contribution in [0.2, 0.25) is 0 Å². The van der Waals surface area contributed by atoms with Gasteiger partial charge in [-0.2, -0.15) is 0 Å². The molecule has 0 fully saturated rings. The molecule has 0 aliphatic rings. The Labute approximate surface area is 191 Å². The molecule has 0 saturated heterocycles. The molecule has 33 heavy (non-hydrogen) atoms. The Morgan fingerprint density at radius 3 is 2.24 bits per heavy atom. The van der Waals surface area contributed by atoms with Crippen molar-refractivity contribution in [2.45, 2.75) is 32.9 Å². The van der Waals surface area contributed by atoms with Crippen molar-refractivity contribution in [3.8, 4) is 0 Å². The van der Waals surface area contributed by atoms with E-state index in [2.05, 4.69) is 26.0 Å². The van der Waals surface area contributed by atoms with Crippen LogP contribution in [0.3, 0.4) is 0 Å². The topological polar surface area (TPSA) is 163 Å². The number of amides is 4. The number of benzene rings is 1. The number of aliphatic hydroxyl groups is 1. The van der Waals surface area contributed by atoms with Gasteiger partial charge in [-0.3, -0.25) is 19.2 Å². The normalized spacial score (nSPS) is 11.5. The van der Waals surface area contributed by atoms with Crippen LogP contribution in [-0.2, 0) is 35.3 Å². The molecule has 1 rings (SSSR count). The van der Waals surface area contributed by atoms with Crippen LogP contribution in [0.25, 0.3) is 0 Å². The van der Waals surface area contributed by atoms with E-state index in [4.69, 9.17) is 5.11 Å². The number of methoxy groups -OCH3 is 1. The lowest BCUT2D eigenvalue weighted by Gasteiger charge is -2.21. The first-order valence-corrected chi connectivity index (χ1v) is 10.3. The number of hydrogen-bond acceptors (Lipinski definition) is 7. The van der Waals surface area contributed by atoms with Crippen molar-refractivity contribution in [1.29, 1.82) is 0 Å². The van der Waals surface area contributed by atoms with Gasteiger partial charge in [0.2, 0.25) is 23.6 Å². The fourth-order valence-electron chi connectivity index (χ4n) is 2.53. The van der Waals surface area contributed by atoms with Gasteiger partial charge in [0.15, 0.2) is 0 Å². The maximum Gasteiger partial charge on any atom is 0.330 e. The van der Waals surface area contributed by atoms with Crippen LogP contribution >= 0.6 is 0 Å². The molecule has 0 radical (unpaired) electrons. The van der Waals surface area contributed by atoms with Gasteiger partial charge in [-0.25, -0.2) is 4.79 Å². The van der Waals surface area contributed by atoms with Gasteiger partial charge in [0.25, 0.3) is 0 Å². The summed E-state index contributed by atoms with van der Waals surface area (Å²) in [7, 11) is 1.18. The largest absolute Gasteiger partial charge is 0.466 e. The molecule has 0 aliphatic carbocycles. The van der Waals surface area contributed by atoms with Crippen molar-refractivity contribution in [2.24, 2.45) is 5.92 Å². The first-order valence-electron chi connectivity index (χ1n) is 10.3. The third kappa shape index (κ3) is 10.9. The highest BCUT2D eigenvalue weighted by atomic mass is 16.5. The Kier molecular flexibility index (Phi) is 11.9. The summed E-state index contributed by atoms with van der Waals surface area (Å²) in [6.07, 6.45) is 1.85. The molecule has 0 aromatic heterocycles. The molecule has 0 spiro atoms. The minimum absolute atomic E-state index is 0.0000900. The molecule has 11 nitrogen and oxygen atoms in total. The predicted molar refractivity (Wildman–Crippen MR) is 120 cm³/mol. The molecule has 0 heterocycles. The molecule has 0 aliphatic heterocycles. The number of esters is 1. The molecule has 1 aromatic rings. The van der Waals surface area contributed by atoms with E-state index >= 15 is 0 Å². The third-order valence-corrected chi connectivity index (χ3v) is 4.33. The van der Waals surface area contributed by atoms with Crippen LogP contribution in [0.15, 0.2) is 36.4 Å². The molecular weight excluding hydrogens is 432 g/mol. The minimum Gasteiger partial charge on any atom is -0.466 e. The van der Waals surface area contributed by atoms with Gasteiger partial charge in [-0.1, -0.05) is 26.0 Å². The Morgan fingerprint density at radius 2 is 1.67 bits per heavy atom.